The Morgan fingerprint density at radius 1 is 1.21 bits per heavy atom. The summed E-state index contributed by atoms with van der Waals surface area (Å²) in [5.41, 5.74) is 0. The van der Waals surface area contributed by atoms with Crippen LogP contribution in [0.2, 0.25) is 0 Å². The molecule has 0 amide bonds. The number of piperidine rings is 1. The summed E-state index contributed by atoms with van der Waals surface area (Å²) in [7, 11) is 4.35. The molecule has 4 atom stereocenters. The van der Waals surface area contributed by atoms with Crippen molar-refractivity contribution in [3.8, 4) is 0 Å². The van der Waals surface area contributed by atoms with Gasteiger partial charge in [0, 0.05) is 13.1 Å². The topological polar surface area (TPSA) is 27.3 Å². The van der Waals surface area contributed by atoms with Crippen LogP contribution in [0.3, 0.4) is 0 Å². The second-order valence-corrected chi connectivity index (χ2v) is 5.32. The molecular weight excluding hydrogens is 174 g/mol. The van der Waals surface area contributed by atoms with E-state index in [2.05, 4.69) is 36.6 Å². The van der Waals surface area contributed by atoms with Crippen LogP contribution in [0.25, 0.3) is 0 Å². The zero-order chi connectivity index (χ0) is 10.1. The summed E-state index contributed by atoms with van der Waals surface area (Å²) in [6.07, 6.45) is 1.99. The first-order valence-corrected chi connectivity index (χ1v) is 5.78. The van der Waals surface area contributed by atoms with Gasteiger partial charge in [0.1, 0.15) is 0 Å². The highest BCUT2D eigenvalue weighted by Crippen LogP contribution is 2.31. The fourth-order valence-electron chi connectivity index (χ4n) is 2.95. The molecule has 0 aromatic rings. The van der Waals surface area contributed by atoms with E-state index in [0.29, 0.717) is 6.17 Å². The lowest BCUT2D eigenvalue weighted by molar-refractivity contribution is 0.186. The second-order valence-electron chi connectivity index (χ2n) is 5.32. The Hall–Kier alpha value is -0.120. The van der Waals surface area contributed by atoms with E-state index in [4.69, 9.17) is 0 Å². The van der Waals surface area contributed by atoms with Crippen molar-refractivity contribution >= 4 is 0 Å². The molecule has 2 aliphatic heterocycles. The monoisotopic (exact) mass is 197 g/mol. The lowest BCUT2D eigenvalue weighted by Gasteiger charge is -2.34. The van der Waals surface area contributed by atoms with Gasteiger partial charge in [-0.15, -0.1) is 0 Å². The molecule has 0 radical (unpaired) electrons. The zero-order valence-electron chi connectivity index (χ0n) is 9.59. The van der Waals surface area contributed by atoms with Crippen molar-refractivity contribution in [2.45, 2.75) is 19.5 Å². The van der Waals surface area contributed by atoms with Gasteiger partial charge < -0.3 is 15.5 Å². The van der Waals surface area contributed by atoms with Gasteiger partial charge >= 0.3 is 0 Å². The second kappa shape index (κ2) is 4.17. The van der Waals surface area contributed by atoms with Crippen molar-refractivity contribution in [2.75, 3.05) is 33.7 Å². The SMILES string of the molecule is CC1CNC2NCC(CN(C)C)C2C1. The van der Waals surface area contributed by atoms with Crippen LogP contribution >= 0.6 is 0 Å². The third-order valence-corrected chi connectivity index (χ3v) is 3.59. The van der Waals surface area contributed by atoms with E-state index >= 15 is 0 Å². The first kappa shape index (κ1) is 10.4. The smallest absolute Gasteiger partial charge is 0.0604 e. The normalized spacial score (nSPS) is 42.9. The minimum atomic E-state index is 0.594. The lowest BCUT2D eigenvalue weighted by Crippen LogP contribution is -2.49. The molecule has 0 saturated carbocycles. The van der Waals surface area contributed by atoms with E-state index < -0.39 is 0 Å². The summed E-state index contributed by atoms with van der Waals surface area (Å²) in [5, 5.41) is 7.20. The van der Waals surface area contributed by atoms with Crippen molar-refractivity contribution in [2.24, 2.45) is 17.8 Å². The number of rotatable bonds is 2. The van der Waals surface area contributed by atoms with Crippen molar-refractivity contribution < 1.29 is 0 Å². The number of nitrogens with one attached hydrogen (secondary N) is 2. The molecule has 2 rings (SSSR count). The summed E-state index contributed by atoms with van der Waals surface area (Å²) >= 11 is 0. The van der Waals surface area contributed by atoms with Gasteiger partial charge in [-0.05, 0) is 44.8 Å². The van der Waals surface area contributed by atoms with Crippen LogP contribution in [0, 0.1) is 17.8 Å². The van der Waals surface area contributed by atoms with Gasteiger partial charge in [0.25, 0.3) is 0 Å². The molecule has 4 unspecified atom stereocenters. The largest absolute Gasteiger partial charge is 0.309 e. The van der Waals surface area contributed by atoms with Crippen LogP contribution in [0.4, 0.5) is 0 Å². The Morgan fingerprint density at radius 2 is 1.93 bits per heavy atom. The predicted molar refractivity (Wildman–Crippen MR) is 59.1 cm³/mol. The minimum absolute atomic E-state index is 0.594. The molecule has 0 bridgehead atoms. The first-order valence-electron chi connectivity index (χ1n) is 5.78. The summed E-state index contributed by atoms with van der Waals surface area (Å²) in [6.45, 7) is 5.95. The maximum atomic E-state index is 3.60. The average Bonchev–Trinajstić information content (AvgIpc) is 2.47. The molecule has 2 aliphatic rings. The van der Waals surface area contributed by atoms with E-state index in [1.54, 1.807) is 0 Å². The Balaban J connectivity index is 1.94. The van der Waals surface area contributed by atoms with Crippen molar-refractivity contribution in [3.05, 3.63) is 0 Å². The van der Waals surface area contributed by atoms with Crippen LogP contribution in [0.5, 0.6) is 0 Å². The van der Waals surface area contributed by atoms with Gasteiger partial charge in [-0.1, -0.05) is 6.92 Å². The highest BCUT2D eigenvalue weighted by Gasteiger charge is 2.38. The summed E-state index contributed by atoms with van der Waals surface area (Å²) < 4.78 is 0. The quantitative estimate of drug-likeness (QED) is 0.668. The number of fused-ring (bicyclic) bond motifs is 1. The maximum Gasteiger partial charge on any atom is 0.0604 e. The molecule has 2 saturated heterocycles. The Bertz CT molecular complexity index is 193. The van der Waals surface area contributed by atoms with Gasteiger partial charge in [-0.2, -0.15) is 0 Å². The lowest BCUT2D eigenvalue weighted by atomic mass is 9.83. The molecule has 82 valence electrons. The van der Waals surface area contributed by atoms with Gasteiger partial charge in [0.05, 0.1) is 6.17 Å². The average molecular weight is 197 g/mol. The van der Waals surface area contributed by atoms with Crippen LogP contribution in [0.15, 0.2) is 0 Å². The fourth-order valence-corrected chi connectivity index (χ4v) is 2.95. The molecule has 0 spiro atoms. The van der Waals surface area contributed by atoms with E-state index in [-0.39, 0.29) is 0 Å². The van der Waals surface area contributed by atoms with Crippen LogP contribution in [-0.2, 0) is 0 Å². The molecular formula is C11H23N3. The number of hydrogen-bond donors (Lipinski definition) is 2. The van der Waals surface area contributed by atoms with Crippen molar-refractivity contribution in [1.29, 1.82) is 0 Å². The predicted octanol–water partition coefficient (Wildman–Crippen LogP) is 0.339. The van der Waals surface area contributed by atoms with Crippen molar-refractivity contribution in [3.63, 3.8) is 0 Å². The van der Waals surface area contributed by atoms with E-state index in [9.17, 15) is 0 Å². The van der Waals surface area contributed by atoms with Gasteiger partial charge in [-0.3, -0.25) is 0 Å². The molecule has 2 fully saturated rings. The summed E-state index contributed by atoms with van der Waals surface area (Å²) in [6, 6.07) is 0. The Labute approximate surface area is 87.2 Å². The molecule has 0 aliphatic carbocycles. The van der Waals surface area contributed by atoms with Crippen LogP contribution in [-0.4, -0.2) is 44.8 Å². The van der Waals surface area contributed by atoms with E-state index in [1.165, 1.54) is 26.1 Å². The molecule has 0 aromatic heterocycles. The molecule has 14 heavy (non-hydrogen) atoms. The number of nitrogens with zero attached hydrogens (tertiary/aromatic N) is 1. The van der Waals surface area contributed by atoms with E-state index in [0.717, 1.165) is 17.8 Å². The molecule has 3 heteroatoms. The van der Waals surface area contributed by atoms with Gasteiger partial charge in [0.2, 0.25) is 0 Å². The summed E-state index contributed by atoms with van der Waals surface area (Å²) in [5.74, 6) is 2.53. The molecule has 0 aromatic carbocycles. The Kier molecular flexibility index (Phi) is 3.10. The maximum absolute atomic E-state index is 3.60. The molecule has 2 heterocycles. The highest BCUT2D eigenvalue weighted by molar-refractivity contribution is 4.93. The summed E-state index contributed by atoms with van der Waals surface area (Å²) in [4.78, 5) is 2.31. The standard InChI is InChI=1S/C11H23N3/c1-8-4-10-9(7-14(2)3)6-13-11(10)12-5-8/h8-13H,4-7H2,1-3H3. The van der Waals surface area contributed by atoms with Crippen LogP contribution in [0.1, 0.15) is 13.3 Å². The van der Waals surface area contributed by atoms with Crippen molar-refractivity contribution in [1.82, 2.24) is 15.5 Å². The van der Waals surface area contributed by atoms with E-state index in [1.807, 2.05) is 0 Å². The van der Waals surface area contributed by atoms with Gasteiger partial charge in [0.15, 0.2) is 0 Å². The number of hydrogen-bond acceptors (Lipinski definition) is 3. The fraction of sp³-hybridized carbons (Fsp3) is 1.00. The molecule has 3 nitrogen and oxygen atoms in total. The highest BCUT2D eigenvalue weighted by atomic mass is 15.2. The minimum Gasteiger partial charge on any atom is -0.309 e. The first-order chi connectivity index (χ1) is 6.66. The third-order valence-electron chi connectivity index (χ3n) is 3.59. The van der Waals surface area contributed by atoms with Gasteiger partial charge in [-0.25, -0.2) is 0 Å². The third kappa shape index (κ3) is 2.10. The molecule has 2 N–H and O–H groups in total. The van der Waals surface area contributed by atoms with Crippen LogP contribution < -0.4 is 10.6 Å². The zero-order valence-corrected chi connectivity index (χ0v) is 9.59. The Morgan fingerprint density at radius 3 is 2.64 bits per heavy atom.